The van der Waals surface area contributed by atoms with Gasteiger partial charge in [-0.2, -0.15) is 28.4 Å². The molecule has 0 aliphatic rings. The minimum absolute atomic E-state index is 0. The van der Waals surface area contributed by atoms with Gasteiger partial charge >= 0.3 is 43.4 Å². The van der Waals surface area contributed by atoms with Gasteiger partial charge in [0, 0.05) is 0 Å². The van der Waals surface area contributed by atoms with Gasteiger partial charge in [0.05, 0.1) is 0 Å². The van der Waals surface area contributed by atoms with E-state index in [-0.39, 0.29) is 69.9 Å². The van der Waals surface area contributed by atoms with Crippen LogP contribution < -0.4 is 40.9 Å². The molecule has 0 bridgehead atoms. The largest absolute Gasteiger partial charge is 4.00 e. The summed E-state index contributed by atoms with van der Waals surface area (Å²) in [5.41, 5.74) is 0. The fourth-order valence-electron chi connectivity index (χ4n) is 0. The van der Waals surface area contributed by atoms with Crippen molar-refractivity contribution in [3.05, 3.63) is 0 Å². The van der Waals surface area contributed by atoms with E-state index < -0.39 is 0 Å². The van der Waals surface area contributed by atoms with E-state index in [1.165, 1.54) is 0 Å². The maximum atomic E-state index is 8.93. The number of rotatable bonds is 0. The van der Waals surface area contributed by atoms with Crippen molar-refractivity contribution in [1.29, 1.82) is 0 Å². The Bertz CT molecular complexity index is 37.1. The Morgan fingerprint density at radius 3 is 0.364 bits per heavy atom. The summed E-state index contributed by atoms with van der Waals surface area (Å²) in [6, 6.07) is 0. The average Bonchev–Trinajstić information content (AvgIpc) is 2.50. The third kappa shape index (κ3) is 6950. The molecule has 0 N–H and O–H groups in total. The Labute approximate surface area is 166 Å². The quantitative estimate of drug-likeness (QED) is 0.359. The summed E-state index contributed by atoms with van der Waals surface area (Å²) in [6.45, 7) is 6.28. The maximum absolute atomic E-state index is 8.93. The summed E-state index contributed by atoms with van der Waals surface area (Å²) >= 11 is 0. The molecule has 0 atom stereocenters. The van der Waals surface area contributed by atoms with Crippen molar-refractivity contribution in [1.82, 2.24) is 0 Å². The van der Waals surface area contributed by atoms with Crippen LogP contribution >= 0.6 is 0 Å². The first-order valence-corrected chi connectivity index (χ1v) is 5.62. The van der Waals surface area contributed by atoms with Crippen LogP contribution in [0.1, 0.15) is 27.7 Å². The summed E-state index contributed by atoms with van der Waals surface area (Å²) in [4.78, 5) is 0. The van der Waals surface area contributed by atoms with Gasteiger partial charge in [-0.15, -0.1) is 26.4 Å². The van der Waals surface area contributed by atoms with E-state index in [1.54, 1.807) is 27.7 Å². The monoisotopic (exact) mass is 400 g/mol. The standard InChI is InChI=1S/4C2H5O.4CH3O.2Ti/c4*1-2-3;4*1-2;;/h4*2H2,1H3;4*1H3;;/q8*-1;2*+4. The van der Waals surface area contributed by atoms with E-state index >= 15 is 0 Å². The summed E-state index contributed by atoms with van der Waals surface area (Å²) in [5.74, 6) is 0. The van der Waals surface area contributed by atoms with Crippen LogP contribution in [0.15, 0.2) is 0 Å². The van der Waals surface area contributed by atoms with E-state index in [2.05, 4.69) is 0 Å². The molecule has 0 aromatic carbocycles. The van der Waals surface area contributed by atoms with Crippen molar-refractivity contribution in [2.75, 3.05) is 54.9 Å². The summed E-state index contributed by atoms with van der Waals surface area (Å²) in [5, 5.41) is 68.7. The molecule has 0 spiro atoms. The van der Waals surface area contributed by atoms with Gasteiger partial charge in [-0.3, -0.25) is 0 Å². The van der Waals surface area contributed by atoms with Gasteiger partial charge in [0.2, 0.25) is 0 Å². The van der Waals surface area contributed by atoms with E-state index in [9.17, 15) is 0 Å². The molecule has 0 fully saturated rings. The van der Waals surface area contributed by atoms with E-state index in [4.69, 9.17) is 40.9 Å². The van der Waals surface area contributed by atoms with Crippen molar-refractivity contribution in [2.24, 2.45) is 0 Å². The average molecular weight is 400 g/mol. The first-order valence-electron chi connectivity index (χ1n) is 5.62. The van der Waals surface area contributed by atoms with Crippen molar-refractivity contribution < 1.29 is 84.3 Å². The van der Waals surface area contributed by atoms with Crippen LogP contribution in [0.4, 0.5) is 0 Å². The molecular formula is C12H32O8Ti2. The molecule has 0 unspecified atom stereocenters. The zero-order valence-electron chi connectivity index (χ0n) is 15.1. The van der Waals surface area contributed by atoms with Crippen LogP contribution in [0, 0.1) is 0 Å². The predicted octanol–water partition coefficient (Wildman–Crippen LogP) is -6.63. The minimum atomic E-state index is 0. The van der Waals surface area contributed by atoms with Gasteiger partial charge in [-0.1, -0.05) is 27.7 Å². The predicted molar refractivity (Wildman–Crippen MR) is 65.9 cm³/mol. The van der Waals surface area contributed by atoms with Crippen LogP contribution in [0.5, 0.6) is 0 Å². The van der Waals surface area contributed by atoms with Gasteiger partial charge in [0.15, 0.2) is 0 Å². The molecule has 136 valence electrons. The van der Waals surface area contributed by atoms with Gasteiger partial charge in [-0.25, -0.2) is 0 Å². The number of hydrogen-bond donors (Lipinski definition) is 0. The Kier molecular flexibility index (Phi) is 1130. The fraction of sp³-hybridized carbons (Fsp3) is 1.00. The van der Waals surface area contributed by atoms with E-state index in [1.807, 2.05) is 0 Å². The second-order valence-corrected chi connectivity index (χ2v) is 1.15. The topological polar surface area (TPSA) is 184 Å². The Morgan fingerprint density at radius 2 is 0.364 bits per heavy atom. The molecule has 0 saturated carbocycles. The molecule has 0 rings (SSSR count). The summed E-state index contributed by atoms with van der Waals surface area (Å²) in [6.07, 6.45) is 0. The molecule has 0 saturated heterocycles. The molecule has 0 aromatic heterocycles. The zero-order chi connectivity index (χ0) is 18.8. The SMILES string of the molecule is CC[O-].CC[O-].CC[O-].CC[O-].C[O-].C[O-].C[O-].C[O-].[Ti+4].[Ti+4]. The second kappa shape index (κ2) is 377. The van der Waals surface area contributed by atoms with Crippen molar-refractivity contribution in [2.45, 2.75) is 27.7 Å². The molecule has 0 aliphatic heterocycles. The maximum Gasteiger partial charge on any atom is 4.00 e. The first-order chi connectivity index (χ1) is 9.66. The third-order valence-corrected chi connectivity index (χ3v) is 0. The van der Waals surface area contributed by atoms with Crippen LogP contribution in [-0.2, 0) is 43.4 Å². The smallest absolute Gasteiger partial charge is 0.857 e. The van der Waals surface area contributed by atoms with Crippen molar-refractivity contribution in [3.63, 3.8) is 0 Å². The molecular weight excluding hydrogens is 368 g/mol. The number of hydrogen-bond acceptors (Lipinski definition) is 8. The second-order valence-electron chi connectivity index (χ2n) is 1.15. The molecule has 0 heterocycles. The Balaban J connectivity index is -0.00000000932. The fourth-order valence-corrected chi connectivity index (χ4v) is 0. The Morgan fingerprint density at radius 1 is 0.364 bits per heavy atom. The first kappa shape index (κ1) is 65.7. The molecule has 0 amide bonds. The molecule has 0 radical (unpaired) electrons. The van der Waals surface area contributed by atoms with Crippen molar-refractivity contribution in [3.8, 4) is 0 Å². The van der Waals surface area contributed by atoms with Gasteiger partial charge in [-0.05, 0) is 0 Å². The zero-order valence-corrected chi connectivity index (χ0v) is 18.2. The summed E-state index contributed by atoms with van der Waals surface area (Å²) < 4.78 is 0. The van der Waals surface area contributed by atoms with Gasteiger partial charge < -0.3 is 40.9 Å². The van der Waals surface area contributed by atoms with Crippen LogP contribution in [0.2, 0.25) is 0 Å². The van der Waals surface area contributed by atoms with E-state index in [0.717, 1.165) is 28.4 Å². The molecule has 10 heteroatoms. The molecule has 22 heavy (non-hydrogen) atoms. The van der Waals surface area contributed by atoms with Crippen LogP contribution in [0.25, 0.3) is 0 Å². The van der Waals surface area contributed by atoms with Gasteiger partial charge in [0.1, 0.15) is 0 Å². The summed E-state index contributed by atoms with van der Waals surface area (Å²) in [7, 11) is 3.00. The Hall–Kier alpha value is 1.11. The van der Waals surface area contributed by atoms with Gasteiger partial charge in [0.25, 0.3) is 0 Å². The molecule has 0 aliphatic carbocycles. The van der Waals surface area contributed by atoms with E-state index in [0.29, 0.717) is 0 Å². The molecule has 8 nitrogen and oxygen atoms in total. The minimum Gasteiger partial charge on any atom is -0.857 e. The normalized spacial score (nSPS) is 4.36. The van der Waals surface area contributed by atoms with Crippen LogP contribution in [-0.4, -0.2) is 54.9 Å². The third-order valence-electron chi connectivity index (χ3n) is 0. The van der Waals surface area contributed by atoms with Crippen LogP contribution in [0.3, 0.4) is 0 Å². The van der Waals surface area contributed by atoms with Crippen molar-refractivity contribution >= 4 is 0 Å². The molecule has 0 aromatic rings.